The van der Waals surface area contributed by atoms with Crippen molar-refractivity contribution in [2.75, 3.05) is 13.2 Å². The Hall–Kier alpha value is -3.36. The molecule has 0 aromatic rings. The van der Waals surface area contributed by atoms with Gasteiger partial charge in [-0.15, -0.1) is 0 Å². The average Bonchev–Trinajstić information content (AvgIpc) is 2.68. The van der Waals surface area contributed by atoms with Crippen LogP contribution in [-0.4, -0.2) is 78.9 Å². The van der Waals surface area contributed by atoms with Crippen molar-refractivity contribution in [2.24, 2.45) is 15.0 Å². The van der Waals surface area contributed by atoms with Crippen molar-refractivity contribution < 1.29 is 71.7 Å². The summed E-state index contributed by atoms with van der Waals surface area (Å²) >= 11 is 0. The molecule has 0 bridgehead atoms. The van der Waals surface area contributed by atoms with Crippen LogP contribution in [0.2, 0.25) is 0 Å². The molecule has 0 radical (unpaired) electrons. The van der Waals surface area contributed by atoms with Gasteiger partial charge in [-0.3, -0.25) is 10.6 Å². The van der Waals surface area contributed by atoms with Crippen LogP contribution in [0.1, 0.15) is 34.6 Å². The first-order chi connectivity index (χ1) is 17.8. The number of alkyl carbamates (subject to hydrolysis) is 1. The summed E-state index contributed by atoms with van der Waals surface area (Å²) in [7, 11) is 0. The van der Waals surface area contributed by atoms with Gasteiger partial charge in [-0.2, -0.15) is 62.7 Å². The summed E-state index contributed by atoms with van der Waals surface area (Å²) in [6, 6.07) is -1.97. The zero-order valence-corrected chi connectivity index (χ0v) is 20.9. The fraction of sp³-hybridized carbons (Fsp3) is 0.778. The molecule has 0 unspecified atom stereocenters. The van der Waals surface area contributed by atoms with Gasteiger partial charge in [0.25, 0.3) is 0 Å². The summed E-state index contributed by atoms with van der Waals surface area (Å²) in [4.78, 5) is 18.6. The van der Waals surface area contributed by atoms with E-state index >= 15 is 0 Å². The van der Waals surface area contributed by atoms with Crippen LogP contribution in [0, 0.1) is 0 Å². The number of rotatable bonds is 4. The van der Waals surface area contributed by atoms with Crippen LogP contribution >= 0.6 is 0 Å². The number of guanidine groups is 1. The molecule has 40 heavy (non-hydrogen) atoms. The molecular weight excluding hydrogens is 592 g/mol. The number of carbonyl (C=O) groups is 1. The second kappa shape index (κ2) is 11.3. The number of ether oxygens (including phenoxy) is 3. The van der Waals surface area contributed by atoms with Gasteiger partial charge in [0, 0.05) is 5.54 Å². The third-order valence-electron chi connectivity index (χ3n) is 4.14. The van der Waals surface area contributed by atoms with Gasteiger partial charge in [-0.05, 0) is 34.6 Å². The van der Waals surface area contributed by atoms with Gasteiger partial charge in [0.15, 0.2) is 0 Å². The number of halogens is 12. The Morgan fingerprint density at radius 1 is 0.850 bits per heavy atom. The first-order valence-electron chi connectivity index (χ1n) is 10.6. The number of amidine groups is 1. The standard InChI is InChI=1S/C18H22F12N6O4/c1-6-38-10(37)35-13(15(19,20)21,16(22,23)24)33-8(32-12(3,4)5)31-9-34-14(17(25,26)27,18(28,29)30)36-11(40-9)39-7-2/h6-7H2,1-5H3,(H,35,37)(H2,31,32,33,34). The molecule has 0 aliphatic carbocycles. The Kier molecular flexibility index (Phi) is 9.76. The zero-order valence-electron chi connectivity index (χ0n) is 20.9. The summed E-state index contributed by atoms with van der Waals surface area (Å²) in [6.07, 6.45) is -29.8. The maximum atomic E-state index is 13.9. The van der Waals surface area contributed by atoms with E-state index in [1.165, 1.54) is 5.32 Å². The lowest BCUT2D eigenvalue weighted by atomic mass is 10.1. The molecule has 1 aliphatic rings. The van der Waals surface area contributed by atoms with Crippen molar-refractivity contribution in [2.45, 2.75) is 76.2 Å². The smallest absolute Gasteiger partial charge is 0.444 e. The molecule has 0 fully saturated rings. The van der Waals surface area contributed by atoms with Crippen molar-refractivity contribution in [1.82, 2.24) is 16.0 Å². The number of alkyl halides is 12. The van der Waals surface area contributed by atoms with E-state index in [1.54, 1.807) is 0 Å². The first-order valence-corrected chi connectivity index (χ1v) is 10.6. The maximum Gasteiger partial charge on any atom is 0.444 e. The minimum atomic E-state index is -6.51. The van der Waals surface area contributed by atoms with Gasteiger partial charge >= 0.3 is 54.2 Å². The van der Waals surface area contributed by atoms with Crippen molar-refractivity contribution in [1.29, 1.82) is 0 Å². The number of nitrogens with zero attached hydrogens (tertiary/aromatic N) is 3. The summed E-state index contributed by atoms with van der Waals surface area (Å²) in [5.41, 5.74) is -12.5. The number of hydrogen-bond acceptors (Lipinski definition) is 7. The molecule has 0 aromatic carbocycles. The summed E-state index contributed by atoms with van der Waals surface area (Å²) in [6.45, 7) is 4.09. The van der Waals surface area contributed by atoms with E-state index in [0.29, 0.717) is 5.32 Å². The molecule has 1 amide bonds. The molecule has 0 saturated carbocycles. The Morgan fingerprint density at radius 2 is 1.35 bits per heavy atom. The summed E-state index contributed by atoms with van der Waals surface area (Å²) in [5.74, 6) is -1.80. The Morgan fingerprint density at radius 3 is 1.73 bits per heavy atom. The number of carbonyl (C=O) groups excluding carboxylic acids is 1. The number of aliphatic imine (C=N–C) groups is 3. The second-order valence-electron chi connectivity index (χ2n) is 8.51. The Balaban J connectivity index is 3.98. The fourth-order valence-electron chi connectivity index (χ4n) is 2.57. The monoisotopic (exact) mass is 614 g/mol. The van der Waals surface area contributed by atoms with Crippen LogP contribution in [0.5, 0.6) is 0 Å². The lowest BCUT2D eigenvalue weighted by molar-refractivity contribution is -0.302. The summed E-state index contributed by atoms with van der Waals surface area (Å²) < 4.78 is 178. The Bertz CT molecular complexity index is 981. The first kappa shape index (κ1) is 34.7. The fourth-order valence-corrected chi connectivity index (χ4v) is 2.57. The molecular formula is C18H22F12N6O4. The van der Waals surface area contributed by atoms with E-state index in [-0.39, 0.29) is 0 Å². The van der Waals surface area contributed by atoms with Crippen molar-refractivity contribution in [3.63, 3.8) is 0 Å². The molecule has 22 heteroatoms. The molecule has 1 heterocycles. The molecule has 0 spiro atoms. The number of nitrogens with one attached hydrogen (secondary N) is 3. The number of hydrogen-bond donors (Lipinski definition) is 3. The third-order valence-corrected chi connectivity index (χ3v) is 4.14. The minimum Gasteiger partial charge on any atom is -0.451 e. The van der Waals surface area contributed by atoms with Crippen molar-refractivity contribution >= 4 is 24.2 Å². The van der Waals surface area contributed by atoms with E-state index < -0.39 is 78.9 Å². The predicted molar refractivity (Wildman–Crippen MR) is 111 cm³/mol. The highest BCUT2D eigenvalue weighted by atomic mass is 19.4. The van der Waals surface area contributed by atoms with Gasteiger partial charge in [-0.25, -0.2) is 9.79 Å². The van der Waals surface area contributed by atoms with Crippen molar-refractivity contribution in [3.8, 4) is 0 Å². The van der Waals surface area contributed by atoms with Crippen LogP contribution in [0.25, 0.3) is 0 Å². The molecule has 1 aliphatic heterocycles. The topological polar surface area (TPSA) is 118 Å². The van der Waals surface area contributed by atoms with E-state index in [0.717, 1.165) is 34.6 Å². The molecule has 3 N–H and O–H groups in total. The van der Waals surface area contributed by atoms with Gasteiger partial charge in [0.2, 0.25) is 5.96 Å². The third kappa shape index (κ3) is 7.64. The van der Waals surface area contributed by atoms with E-state index in [4.69, 9.17) is 0 Å². The van der Waals surface area contributed by atoms with Gasteiger partial charge in [-0.1, -0.05) is 0 Å². The van der Waals surface area contributed by atoms with Gasteiger partial charge < -0.3 is 19.5 Å². The van der Waals surface area contributed by atoms with E-state index in [2.05, 4.69) is 29.2 Å². The van der Waals surface area contributed by atoms with E-state index in [1.807, 2.05) is 5.32 Å². The molecule has 0 atom stereocenters. The minimum absolute atomic E-state index is 0.491. The second-order valence-corrected chi connectivity index (χ2v) is 8.51. The number of amides is 1. The van der Waals surface area contributed by atoms with Crippen LogP contribution in [-0.2, 0) is 14.2 Å². The quantitative estimate of drug-likeness (QED) is 0.244. The maximum absolute atomic E-state index is 13.9. The summed E-state index contributed by atoms with van der Waals surface area (Å²) in [5, 5.41) is 3.71. The Labute approximate surface area is 217 Å². The van der Waals surface area contributed by atoms with Crippen LogP contribution in [0.3, 0.4) is 0 Å². The highest BCUT2D eigenvalue weighted by Crippen LogP contribution is 2.48. The predicted octanol–water partition coefficient (Wildman–Crippen LogP) is 4.49. The molecule has 1 rings (SSSR count). The SMILES string of the molecule is CCOC(=O)NC(/N=C(\NC1=NC(C(F)(F)F)(C(F)(F)F)N=C(OCC)O1)NC(C)(C)C)(C(F)(F)F)C(F)(F)F. The normalized spacial score (nSPS) is 17.3. The van der Waals surface area contributed by atoms with Crippen LogP contribution < -0.4 is 16.0 Å². The zero-order chi connectivity index (χ0) is 31.6. The molecule has 0 aromatic heterocycles. The van der Waals surface area contributed by atoms with Gasteiger partial charge in [0.05, 0.1) is 13.2 Å². The lowest BCUT2D eigenvalue weighted by Crippen LogP contribution is -2.68. The van der Waals surface area contributed by atoms with Crippen molar-refractivity contribution in [3.05, 3.63) is 0 Å². The highest BCUT2D eigenvalue weighted by molar-refractivity contribution is 6.01. The average molecular weight is 614 g/mol. The largest absolute Gasteiger partial charge is 0.451 e. The van der Waals surface area contributed by atoms with E-state index in [9.17, 15) is 57.5 Å². The van der Waals surface area contributed by atoms with Crippen LogP contribution in [0.15, 0.2) is 15.0 Å². The molecule has 0 saturated heterocycles. The highest BCUT2D eigenvalue weighted by Gasteiger charge is 2.75. The van der Waals surface area contributed by atoms with Crippen LogP contribution in [0.4, 0.5) is 57.5 Å². The molecule has 232 valence electrons. The van der Waals surface area contributed by atoms with Gasteiger partial charge in [0.1, 0.15) is 0 Å². The molecule has 10 nitrogen and oxygen atoms in total. The lowest BCUT2D eigenvalue weighted by Gasteiger charge is -2.36.